The van der Waals surface area contributed by atoms with Crippen molar-refractivity contribution in [3.63, 3.8) is 0 Å². The third-order valence-corrected chi connectivity index (χ3v) is 4.17. The van der Waals surface area contributed by atoms with Gasteiger partial charge in [0.25, 0.3) is 0 Å². The van der Waals surface area contributed by atoms with Gasteiger partial charge >= 0.3 is 0 Å². The number of halogens is 1. The molecule has 0 aromatic heterocycles. The Kier molecular flexibility index (Phi) is 5.81. The van der Waals surface area contributed by atoms with E-state index in [9.17, 15) is 0 Å². The molecule has 1 N–H and O–H groups in total. The van der Waals surface area contributed by atoms with Crippen LogP contribution in [0.4, 0.5) is 5.69 Å². The molecular weight excluding hydrogens is 312 g/mol. The van der Waals surface area contributed by atoms with E-state index in [0.717, 1.165) is 17.3 Å². The summed E-state index contributed by atoms with van der Waals surface area (Å²) in [5.41, 5.74) is 3.51. The smallest absolute Gasteiger partial charge is 0.173 e. The second-order valence-electron chi connectivity index (χ2n) is 5.69. The standard InChI is InChI=1S/C18H21ClN2S/c1-13(2)15-6-10-17(11-7-15)20-18(22)21(3)12-14-4-8-16(19)9-5-14/h4-11,13H,12H2,1-3H3,(H,20,22). The normalized spacial score (nSPS) is 10.6. The molecule has 0 atom stereocenters. The van der Waals surface area contributed by atoms with E-state index in [4.69, 9.17) is 23.8 Å². The molecule has 116 valence electrons. The van der Waals surface area contributed by atoms with Gasteiger partial charge in [0, 0.05) is 24.3 Å². The Morgan fingerprint density at radius 2 is 1.68 bits per heavy atom. The lowest BCUT2D eigenvalue weighted by Crippen LogP contribution is -2.30. The van der Waals surface area contributed by atoms with Gasteiger partial charge in [-0.2, -0.15) is 0 Å². The van der Waals surface area contributed by atoms with Crippen molar-refractivity contribution < 1.29 is 0 Å². The Morgan fingerprint density at radius 1 is 1.09 bits per heavy atom. The van der Waals surface area contributed by atoms with Crippen LogP contribution < -0.4 is 5.32 Å². The molecule has 0 saturated heterocycles. The molecule has 0 unspecified atom stereocenters. The summed E-state index contributed by atoms with van der Waals surface area (Å²) in [5.74, 6) is 0.536. The highest BCUT2D eigenvalue weighted by Gasteiger charge is 2.06. The fourth-order valence-electron chi connectivity index (χ4n) is 2.11. The van der Waals surface area contributed by atoms with E-state index in [0.29, 0.717) is 11.0 Å². The predicted molar refractivity (Wildman–Crippen MR) is 99.7 cm³/mol. The van der Waals surface area contributed by atoms with Gasteiger partial charge in [-0.1, -0.05) is 49.7 Å². The van der Waals surface area contributed by atoms with Gasteiger partial charge < -0.3 is 10.2 Å². The first-order valence-electron chi connectivity index (χ1n) is 7.32. The molecule has 22 heavy (non-hydrogen) atoms. The summed E-state index contributed by atoms with van der Waals surface area (Å²) in [7, 11) is 1.98. The summed E-state index contributed by atoms with van der Waals surface area (Å²) in [6.07, 6.45) is 0. The third-order valence-electron chi connectivity index (χ3n) is 3.51. The fraction of sp³-hybridized carbons (Fsp3) is 0.278. The first kappa shape index (κ1) is 16.8. The van der Waals surface area contributed by atoms with Crippen LogP contribution in [0.15, 0.2) is 48.5 Å². The highest BCUT2D eigenvalue weighted by molar-refractivity contribution is 7.80. The molecule has 0 bridgehead atoms. The first-order chi connectivity index (χ1) is 10.5. The van der Waals surface area contributed by atoms with Crippen LogP contribution in [0.1, 0.15) is 30.9 Å². The van der Waals surface area contributed by atoms with E-state index < -0.39 is 0 Å². The van der Waals surface area contributed by atoms with Gasteiger partial charge in [-0.05, 0) is 53.5 Å². The van der Waals surface area contributed by atoms with Crippen molar-refractivity contribution in [2.75, 3.05) is 12.4 Å². The molecule has 0 saturated carbocycles. The molecule has 0 aliphatic rings. The summed E-state index contributed by atoms with van der Waals surface area (Å²) in [5, 5.41) is 4.72. The minimum absolute atomic E-state index is 0.536. The molecule has 2 nitrogen and oxygen atoms in total. The van der Waals surface area contributed by atoms with Crippen molar-refractivity contribution in [3.8, 4) is 0 Å². The lowest BCUT2D eigenvalue weighted by atomic mass is 10.0. The Balaban J connectivity index is 1.94. The minimum Gasteiger partial charge on any atom is -0.348 e. The first-order valence-corrected chi connectivity index (χ1v) is 8.11. The fourth-order valence-corrected chi connectivity index (χ4v) is 2.41. The summed E-state index contributed by atoms with van der Waals surface area (Å²) in [6, 6.07) is 16.2. The van der Waals surface area contributed by atoms with E-state index in [1.54, 1.807) is 0 Å². The summed E-state index contributed by atoms with van der Waals surface area (Å²) >= 11 is 11.4. The van der Waals surface area contributed by atoms with Gasteiger partial charge in [0.2, 0.25) is 0 Å². The van der Waals surface area contributed by atoms with Gasteiger partial charge in [-0.3, -0.25) is 0 Å². The topological polar surface area (TPSA) is 15.3 Å². The second kappa shape index (κ2) is 7.61. The predicted octanol–water partition coefficient (Wildman–Crippen LogP) is 5.29. The van der Waals surface area contributed by atoms with E-state index >= 15 is 0 Å². The van der Waals surface area contributed by atoms with Crippen molar-refractivity contribution in [1.29, 1.82) is 0 Å². The molecule has 0 aliphatic carbocycles. The zero-order valence-corrected chi connectivity index (χ0v) is 14.7. The van der Waals surface area contributed by atoms with Crippen LogP contribution in [0.5, 0.6) is 0 Å². The highest BCUT2D eigenvalue weighted by Crippen LogP contribution is 2.18. The molecule has 4 heteroatoms. The zero-order valence-electron chi connectivity index (χ0n) is 13.1. The maximum atomic E-state index is 5.90. The number of hydrogen-bond donors (Lipinski definition) is 1. The van der Waals surface area contributed by atoms with Crippen LogP contribution in [0.3, 0.4) is 0 Å². The number of nitrogens with zero attached hydrogens (tertiary/aromatic N) is 1. The lowest BCUT2D eigenvalue weighted by molar-refractivity contribution is 0.508. The molecule has 0 aliphatic heterocycles. The number of rotatable bonds is 4. The Labute approximate surface area is 143 Å². The number of thiocarbonyl (C=S) groups is 1. The minimum atomic E-state index is 0.536. The van der Waals surface area contributed by atoms with Crippen molar-refractivity contribution in [2.24, 2.45) is 0 Å². The molecule has 0 amide bonds. The molecule has 0 spiro atoms. The van der Waals surface area contributed by atoms with Crippen molar-refractivity contribution in [2.45, 2.75) is 26.3 Å². The summed E-state index contributed by atoms with van der Waals surface area (Å²) < 4.78 is 0. The quantitative estimate of drug-likeness (QED) is 0.765. The summed E-state index contributed by atoms with van der Waals surface area (Å²) in [6.45, 7) is 5.12. The largest absolute Gasteiger partial charge is 0.348 e. The van der Waals surface area contributed by atoms with E-state index in [1.165, 1.54) is 11.1 Å². The van der Waals surface area contributed by atoms with Gasteiger partial charge in [0.1, 0.15) is 0 Å². The van der Waals surface area contributed by atoms with Gasteiger partial charge in [0.05, 0.1) is 0 Å². The Morgan fingerprint density at radius 3 is 2.23 bits per heavy atom. The lowest BCUT2D eigenvalue weighted by Gasteiger charge is -2.21. The van der Waals surface area contributed by atoms with Crippen molar-refractivity contribution >= 4 is 34.6 Å². The van der Waals surface area contributed by atoms with Crippen LogP contribution in [-0.2, 0) is 6.54 Å². The van der Waals surface area contributed by atoms with Crippen LogP contribution >= 0.6 is 23.8 Å². The molecular formula is C18H21ClN2S. The highest BCUT2D eigenvalue weighted by atomic mass is 35.5. The second-order valence-corrected chi connectivity index (χ2v) is 6.51. The van der Waals surface area contributed by atoms with Gasteiger partial charge in [-0.25, -0.2) is 0 Å². The van der Waals surface area contributed by atoms with Crippen LogP contribution in [0, 0.1) is 0 Å². The zero-order chi connectivity index (χ0) is 16.1. The van der Waals surface area contributed by atoms with E-state index in [2.05, 4.69) is 43.4 Å². The van der Waals surface area contributed by atoms with Crippen LogP contribution in [0.2, 0.25) is 5.02 Å². The van der Waals surface area contributed by atoms with E-state index in [1.807, 2.05) is 36.2 Å². The summed E-state index contributed by atoms with van der Waals surface area (Å²) in [4.78, 5) is 2.01. The average molecular weight is 333 g/mol. The van der Waals surface area contributed by atoms with Gasteiger partial charge in [-0.15, -0.1) is 0 Å². The number of nitrogens with one attached hydrogen (secondary N) is 1. The maximum absolute atomic E-state index is 5.90. The van der Waals surface area contributed by atoms with Crippen LogP contribution in [0.25, 0.3) is 0 Å². The molecule has 2 rings (SSSR count). The Bertz CT molecular complexity index is 621. The van der Waals surface area contributed by atoms with Crippen molar-refractivity contribution in [3.05, 3.63) is 64.7 Å². The molecule has 0 radical (unpaired) electrons. The maximum Gasteiger partial charge on any atom is 0.173 e. The molecule has 2 aromatic carbocycles. The molecule has 0 fully saturated rings. The SMILES string of the molecule is CC(C)c1ccc(NC(=S)N(C)Cc2ccc(Cl)cc2)cc1. The molecule has 0 heterocycles. The number of benzene rings is 2. The number of hydrogen-bond acceptors (Lipinski definition) is 1. The van der Waals surface area contributed by atoms with Gasteiger partial charge in [0.15, 0.2) is 5.11 Å². The monoisotopic (exact) mass is 332 g/mol. The average Bonchev–Trinajstić information content (AvgIpc) is 2.50. The molecule has 2 aromatic rings. The van der Waals surface area contributed by atoms with Crippen molar-refractivity contribution in [1.82, 2.24) is 4.90 Å². The van der Waals surface area contributed by atoms with Crippen LogP contribution in [-0.4, -0.2) is 17.1 Å². The number of anilines is 1. The van der Waals surface area contributed by atoms with E-state index in [-0.39, 0.29) is 0 Å². The Hall–Kier alpha value is -1.58. The third kappa shape index (κ3) is 4.72.